The Morgan fingerprint density at radius 3 is 2.86 bits per heavy atom. The zero-order valence-electron chi connectivity index (χ0n) is 12.5. The first kappa shape index (κ1) is 15.0. The van der Waals surface area contributed by atoms with Crippen molar-refractivity contribution in [1.29, 1.82) is 0 Å². The number of nitrogens with one attached hydrogen (secondary N) is 1. The molecule has 0 atom stereocenters. The van der Waals surface area contributed by atoms with E-state index in [1.165, 1.54) is 10.4 Å². The molecule has 7 heteroatoms. The molecule has 1 heterocycles. The van der Waals surface area contributed by atoms with Gasteiger partial charge in [-0.1, -0.05) is 18.1 Å². The summed E-state index contributed by atoms with van der Waals surface area (Å²) in [7, 11) is 0. The zero-order valence-corrected chi connectivity index (χ0v) is 12.5. The van der Waals surface area contributed by atoms with Gasteiger partial charge in [-0.2, -0.15) is 4.80 Å². The first-order valence-electron chi connectivity index (χ1n) is 6.86. The lowest BCUT2D eigenvalue weighted by Crippen LogP contribution is -2.21. The SMILES string of the molecule is CCCn1nnc(NC(=O)COc2ccc(C)c(C)c2)n1. The maximum atomic E-state index is 11.8. The number of hydrogen-bond donors (Lipinski definition) is 1. The van der Waals surface area contributed by atoms with Gasteiger partial charge in [0.25, 0.3) is 11.9 Å². The lowest BCUT2D eigenvalue weighted by molar-refractivity contribution is -0.118. The Morgan fingerprint density at radius 1 is 1.33 bits per heavy atom. The highest BCUT2D eigenvalue weighted by molar-refractivity contribution is 5.90. The Morgan fingerprint density at radius 2 is 2.14 bits per heavy atom. The molecular formula is C14H19N5O2. The molecule has 1 amide bonds. The summed E-state index contributed by atoms with van der Waals surface area (Å²) in [6.45, 7) is 6.61. The van der Waals surface area contributed by atoms with Gasteiger partial charge in [0.2, 0.25) is 0 Å². The molecule has 1 aromatic heterocycles. The van der Waals surface area contributed by atoms with Crippen LogP contribution in [0.25, 0.3) is 0 Å². The molecule has 0 fully saturated rings. The van der Waals surface area contributed by atoms with Crippen molar-refractivity contribution in [1.82, 2.24) is 20.2 Å². The van der Waals surface area contributed by atoms with Crippen LogP contribution in [0.15, 0.2) is 18.2 Å². The van der Waals surface area contributed by atoms with Crippen LogP contribution in [0.4, 0.5) is 5.95 Å². The van der Waals surface area contributed by atoms with Crippen molar-refractivity contribution in [2.45, 2.75) is 33.7 Å². The van der Waals surface area contributed by atoms with Crippen molar-refractivity contribution in [3.05, 3.63) is 29.3 Å². The van der Waals surface area contributed by atoms with Crippen LogP contribution in [0.3, 0.4) is 0 Å². The third-order valence-corrected chi connectivity index (χ3v) is 2.98. The van der Waals surface area contributed by atoms with Crippen LogP contribution in [-0.2, 0) is 11.3 Å². The molecule has 0 saturated heterocycles. The van der Waals surface area contributed by atoms with Crippen LogP contribution in [-0.4, -0.2) is 32.7 Å². The number of carbonyl (C=O) groups is 1. The highest BCUT2D eigenvalue weighted by Gasteiger charge is 2.08. The van der Waals surface area contributed by atoms with Gasteiger partial charge in [0, 0.05) is 0 Å². The van der Waals surface area contributed by atoms with Gasteiger partial charge >= 0.3 is 0 Å². The molecule has 0 aliphatic heterocycles. The fourth-order valence-electron chi connectivity index (χ4n) is 1.70. The smallest absolute Gasteiger partial charge is 0.270 e. The van der Waals surface area contributed by atoms with Gasteiger partial charge in [-0.15, -0.1) is 5.10 Å². The van der Waals surface area contributed by atoms with Crippen molar-refractivity contribution in [2.75, 3.05) is 11.9 Å². The Labute approximate surface area is 123 Å². The number of ether oxygens (including phenoxy) is 1. The average molecular weight is 289 g/mol. The molecule has 2 rings (SSSR count). The zero-order chi connectivity index (χ0) is 15.2. The minimum Gasteiger partial charge on any atom is -0.484 e. The van der Waals surface area contributed by atoms with E-state index < -0.39 is 0 Å². The van der Waals surface area contributed by atoms with E-state index in [0.717, 1.165) is 12.0 Å². The maximum absolute atomic E-state index is 11.8. The third-order valence-electron chi connectivity index (χ3n) is 2.98. The summed E-state index contributed by atoms with van der Waals surface area (Å²) in [6.07, 6.45) is 0.902. The summed E-state index contributed by atoms with van der Waals surface area (Å²) < 4.78 is 5.44. The number of nitrogens with zero attached hydrogens (tertiary/aromatic N) is 4. The summed E-state index contributed by atoms with van der Waals surface area (Å²) >= 11 is 0. The number of aryl methyl sites for hydroxylation is 3. The summed E-state index contributed by atoms with van der Waals surface area (Å²) in [4.78, 5) is 13.2. The highest BCUT2D eigenvalue weighted by atomic mass is 16.5. The number of amides is 1. The number of rotatable bonds is 6. The van der Waals surface area contributed by atoms with E-state index in [9.17, 15) is 4.79 Å². The molecule has 1 aromatic carbocycles. The Kier molecular flexibility index (Phi) is 4.86. The van der Waals surface area contributed by atoms with E-state index in [2.05, 4.69) is 20.7 Å². The maximum Gasteiger partial charge on any atom is 0.270 e. The van der Waals surface area contributed by atoms with Gasteiger partial charge in [-0.05, 0) is 48.7 Å². The Bertz CT molecular complexity index is 624. The van der Waals surface area contributed by atoms with E-state index in [4.69, 9.17) is 4.74 Å². The Hall–Kier alpha value is -2.44. The second-order valence-corrected chi connectivity index (χ2v) is 4.79. The third kappa shape index (κ3) is 4.27. The van der Waals surface area contributed by atoms with Crippen LogP contribution in [0.2, 0.25) is 0 Å². The van der Waals surface area contributed by atoms with Gasteiger partial charge in [-0.25, -0.2) is 0 Å². The van der Waals surface area contributed by atoms with Crippen molar-refractivity contribution >= 4 is 11.9 Å². The summed E-state index contributed by atoms with van der Waals surface area (Å²) in [6, 6.07) is 5.70. The minimum atomic E-state index is -0.315. The minimum absolute atomic E-state index is 0.0924. The van der Waals surface area contributed by atoms with Gasteiger partial charge in [0.15, 0.2) is 6.61 Å². The van der Waals surface area contributed by atoms with Crippen molar-refractivity contribution in [3.8, 4) is 5.75 Å². The standard InChI is InChI=1S/C14H19N5O2/c1-4-7-19-17-14(16-18-19)15-13(20)9-21-12-6-5-10(2)11(3)8-12/h5-6,8H,4,7,9H2,1-3H3,(H,15,17,20). The molecule has 0 bridgehead atoms. The molecule has 21 heavy (non-hydrogen) atoms. The fourth-order valence-corrected chi connectivity index (χ4v) is 1.70. The van der Waals surface area contributed by atoms with Crippen LogP contribution >= 0.6 is 0 Å². The number of benzene rings is 1. The van der Waals surface area contributed by atoms with E-state index in [1.54, 1.807) is 0 Å². The number of hydrogen-bond acceptors (Lipinski definition) is 5. The Balaban J connectivity index is 1.85. The topological polar surface area (TPSA) is 81.9 Å². The van der Waals surface area contributed by atoms with Gasteiger partial charge in [0.1, 0.15) is 5.75 Å². The highest BCUT2D eigenvalue weighted by Crippen LogP contribution is 2.16. The second-order valence-electron chi connectivity index (χ2n) is 4.79. The van der Waals surface area contributed by atoms with Crippen molar-refractivity contribution in [2.24, 2.45) is 0 Å². The van der Waals surface area contributed by atoms with Crippen LogP contribution < -0.4 is 10.1 Å². The average Bonchev–Trinajstić information content (AvgIpc) is 2.88. The number of anilines is 1. The molecule has 1 N–H and O–H groups in total. The number of aromatic nitrogens is 4. The van der Waals surface area contributed by atoms with Crippen LogP contribution in [0.1, 0.15) is 24.5 Å². The quantitative estimate of drug-likeness (QED) is 0.875. The first-order chi connectivity index (χ1) is 10.1. The molecule has 2 aromatic rings. The van der Waals surface area contributed by atoms with E-state index in [-0.39, 0.29) is 18.5 Å². The molecule has 7 nitrogen and oxygen atoms in total. The lowest BCUT2D eigenvalue weighted by atomic mass is 10.1. The summed E-state index contributed by atoms with van der Waals surface area (Å²) in [5, 5.41) is 14.1. The fraction of sp³-hybridized carbons (Fsp3) is 0.429. The van der Waals surface area contributed by atoms with Gasteiger partial charge in [-0.3, -0.25) is 10.1 Å². The molecule has 0 radical (unpaired) electrons. The molecule has 0 saturated carbocycles. The summed E-state index contributed by atoms with van der Waals surface area (Å²) in [5.41, 5.74) is 2.31. The van der Waals surface area contributed by atoms with Gasteiger partial charge < -0.3 is 4.74 Å². The monoisotopic (exact) mass is 289 g/mol. The van der Waals surface area contributed by atoms with Crippen LogP contribution in [0.5, 0.6) is 5.75 Å². The molecule has 0 spiro atoms. The first-order valence-corrected chi connectivity index (χ1v) is 6.86. The van der Waals surface area contributed by atoms with E-state index in [0.29, 0.717) is 12.3 Å². The van der Waals surface area contributed by atoms with Crippen LogP contribution in [0, 0.1) is 13.8 Å². The largest absolute Gasteiger partial charge is 0.484 e. The lowest BCUT2D eigenvalue weighted by Gasteiger charge is -2.07. The molecule has 0 aliphatic carbocycles. The predicted molar refractivity (Wildman–Crippen MR) is 78.1 cm³/mol. The normalized spacial score (nSPS) is 10.4. The van der Waals surface area contributed by atoms with Crippen molar-refractivity contribution < 1.29 is 9.53 Å². The number of tetrazole rings is 1. The second kappa shape index (κ2) is 6.83. The van der Waals surface area contributed by atoms with E-state index in [1.807, 2.05) is 39.0 Å². The molecule has 0 aliphatic rings. The molecular weight excluding hydrogens is 270 g/mol. The van der Waals surface area contributed by atoms with Crippen molar-refractivity contribution in [3.63, 3.8) is 0 Å². The molecule has 0 unspecified atom stereocenters. The number of carbonyl (C=O) groups excluding carboxylic acids is 1. The predicted octanol–water partition coefficient (Wildman–Crippen LogP) is 1.72. The van der Waals surface area contributed by atoms with E-state index >= 15 is 0 Å². The summed E-state index contributed by atoms with van der Waals surface area (Å²) in [5.74, 6) is 0.539. The van der Waals surface area contributed by atoms with Gasteiger partial charge in [0.05, 0.1) is 6.54 Å². The molecule has 112 valence electrons.